The number of carbonyl (C=O) groups is 1. The summed E-state index contributed by atoms with van der Waals surface area (Å²) in [5, 5.41) is 2.69. The molecule has 2 rings (SSSR count). The molecule has 2 aromatic carbocycles. The number of anilines is 2. The quantitative estimate of drug-likeness (QED) is 0.853. The molecule has 0 heterocycles. The summed E-state index contributed by atoms with van der Waals surface area (Å²) in [6, 6.07) is 12.7. The van der Waals surface area contributed by atoms with Crippen LogP contribution in [0.1, 0.15) is 11.1 Å². The van der Waals surface area contributed by atoms with Crippen LogP contribution in [-0.4, -0.2) is 15.9 Å². The molecule has 0 aliphatic carbocycles. The number of rotatable bonds is 4. The summed E-state index contributed by atoms with van der Waals surface area (Å²) in [5.41, 5.74) is 9.00. The van der Waals surface area contributed by atoms with Gasteiger partial charge in [-0.15, -0.1) is 0 Å². The normalized spacial score (nSPS) is 11.9. The highest BCUT2D eigenvalue weighted by Crippen LogP contribution is 2.19. The molecular weight excluding hydrogens is 284 g/mol. The van der Waals surface area contributed by atoms with Gasteiger partial charge in [-0.1, -0.05) is 23.8 Å². The maximum Gasteiger partial charge on any atom is 0.237 e. The number of amides is 1. The van der Waals surface area contributed by atoms with E-state index in [0.717, 1.165) is 11.1 Å². The highest BCUT2D eigenvalue weighted by molar-refractivity contribution is 7.85. The third-order valence-corrected chi connectivity index (χ3v) is 4.35. The molecular formula is C16H18N2O2S. The highest BCUT2D eigenvalue weighted by atomic mass is 32.2. The minimum Gasteiger partial charge on any atom is -0.397 e. The first-order chi connectivity index (χ1) is 9.95. The van der Waals surface area contributed by atoms with Gasteiger partial charge in [0.25, 0.3) is 0 Å². The van der Waals surface area contributed by atoms with E-state index in [1.165, 1.54) is 0 Å². The van der Waals surface area contributed by atoms with Gasteiger partial charge in [0.2, 0.25) is 5.91 Å². The van der Waals surface area contributed by atoms with Crippen LogP contribution in [0.4, 0.5) is 11.4 Å². The zero-order valence-electron chi connectivity index (χ0n) is 12.1. The maximum atomic E-state index is 12.1. The number of nitrogens with one attached hydrogen (secondary N) is 1. The second kappa shape index (κ2) is 6.54. The molecule has 1 atom stereocenters. The van der Waals surface area contributed by atoms with Gasteiger partial charge in [0, 0.05) is 4.90 Å². The molecule has 3 N–H and O–H groups in total. The smallest absolute Gasteiger partial charge is 0.237 e. The third-order valence-electron chi connectivity index (χ3n) is 3.03. The average Bonchev–Trinajstić information content (AvgIpc) is 2.42. The maximum absolute atomic E-state index is 12.1. The zero-order chi connectivity index (χ0) is 15.4. The van der Waals surface area contributed by atoms with Crippen molar-refractivity contribution in [1.29, 1.82) is 0 Å². The second-order valence-corrected chi connectivity index (χ2v) is 6.39. The summed E-state index contributed by atoms with van der Waals surface area (Å²) in [4.78, 5) is 12.6. The van der Waals surface area contributed by atoms with Crippen LogP contribution in [0.5, 0.6) is 0 Å². The van der Waals surface area contributed by atoms with E-state index in [0.29, 0.717) is 16.3 Å². The zero-order valence-corrected chi connectivity index (χ0v) is 12.9. The fourth-order valence-corrected chi connectivity index (χ4v) is 2.79. The van der Waals surface area contributed by atoms with Crippen molar-refractivity contribution < 1.29 is 9.00 Å². The fraction of sp³-hybridized carbons (Fsp3) is 0.188. The van der Waals surface area contributed by atoms with Crippen LogP contribution in [0, 0.1) is 13.8 Å². The number of benzene rings is 2. The SMILES string of the molecule is Cc1ccc(S(=O)CC(=O)Nc2ccc(C)cc2N)cc1. The number of hydrogen-bond donors (Lipinski definition) is 2. The van der Waals surface area contributed by atoms with Gasteiger partial charge in [0.05, 0.1) is 22.2 Å². The van der Waals surface area contributed by atoms with Crippen molar-refractivity contribution >= 4 is 28.1 Å². The lowest BCUT2D eigenvalue weighted by molar-refractivity contribution is -0.113. The molecule has 1 unspecified atom stereocenters. The molecule has 5 heteroatoms. The van der Waals surface area contributed by atoms with Crippen LogP contribution < -0.4 is 11.1 Å². The van der Waals surface area contributed by atoms with Crippen LogP contribution in [-0.2, 0) is 15.6 Å². The predicted molar refractivity (Wildman–Crippen MR) is 86.7 cm³/mol. The van der Waals surface area contributed by atoms with Crippen molar-refractivity contribution in [1.82, 2.24) is 0 Å². The number of nitrogen functional groups attached to an aromatic ring is 1. The summed E-state index contributed by atoms with van der Waals surface area (Å²) < 4.78 is 12.1. The molecule has 0 aromatic heterocycles. The largest absolute Gasteiger partial charge is 0.397 e. The van der Waals surface area contributed by atoms with Crippen molar-refractivity contribution in [2.75, 3.05) is 16.8 Å². The second-order valence-electron chi connectivity index (χ2n) is 4.94. The topological polar surface area (TPSA) is 72.2 Å². The minimum absolute atomic E-state index is 0.0869. The Morgan fingerprint density at radius 2 is 1.71 bits per heavy atom. The van der Waals surface area contributed by atoms with Gasteiger partial charge < -0.3 is 11.1 Å². The van der Waals surface area contributed by atoms with Gasteiger partial charge in [0.1, 0.15) is 5.75 Å². The van der Waals surface area contributed by atoms with Crippen molar-refractivity contribution in [3.63, 3.8) is 0 Å². The number of aryl methyl sites for hydroxylation is 2. The van der Waals surface area contributed by atoms with E-state index in [1.54, 1.807) is 24.3 Å². The molecule has 0 saturated heterocycles. The molecule has 0 fully saturated rings. The standard InChI is InChI=1S/C16H18N2O2S/c1-11-3-6-13(7-4-11)21(20)10-16(19)18-15-8-5-12(2)9-14(15)17/h3-9H,10,17H2,1-2H3,(H,18,19). The monoisotopic (exact) mass is 302 g/mol. The Balaban J connectivity index is 2.01. The molecule has 0 aliphatic heterocycles. The summed E-state index contributed by atoms with van der Waals surface area (Å²) in [6.45, 7) is 3.88. The minimum atomic E-state index is -1.36. The van der Waals surface area contributed by atoms with E-state index in [4.69, 9.17) is 5.73 Å². The molecule has 21 heavy (non-hydrogen) atoms. The highest BCUT2D eigenvalue weighted by Gasteiger charge is 2.11. The van der Waals surface area contributed by atoms with Crippen LogP contribution >= 0.6 is 0 Å². The molecule has 4 nitrogen and oxygen atoms in total. The molecule has 0 bridgehead atoms. The van der Waals surface area contributed by atoms with E-state index in [2.05, 4.69) is 5.32 Å². The number of carbonyl (C=O) groups excluding carboxylic acids is 1. The van der Waals surface area contributed by atoms with Gasteiger partial charge in [-0.3, -0.25) is 9.00 Å². The molecule has 2 aromatic rings. The first-order valence-corrected chi connectivity index (χ1v) is 7.88. The summed E-state index contributed by atoms with van der Waals surface area (Å²) in [6.07, 6.45) is 0. The Morgan fingerprint density at radius 1 is 1.10 bits per heavy atom. The van der Waals surface area contributed by atoms with Crippen LogP contribution in [0.25, 0.3) is 0 Å². The average molecular weight is 302 g/mol. The molecule has 0 saturated carbocycles. The first kappa shape index (κ1) is 15.3. The van der Waals surface area contributed by atoms with Gasteiger partial charge >= 0.3 is 0 Å². The molecule has 110 valence electrons. The van der Waals surface area contributed by atoms with Gasteiger partial charge in [-0.05, 0) is 43.7 Å². The van der Waals surface area contributed by atoms with Crippen molar-refractivity contribution in [2.24, 2.45) is 0 Å². The first-order valence-electron chi connectivity index (χ1n) is 6.57. The van der Waals surface area contributed by atoms with E-state index < -0.39 is 10.8 Å². The Hall–Kier alpha value is -2.14. The van der Waals surface area contributed by atoms with Crippen LogP contribution in [0.3, 0.4) is 0 Å². The molecule has 0 aliphatic rings. The van der Waals surface area contributed by atoms with E-state index in [9.17, 15) is 9.00 Å². The Morgan fingerprint density at radius 3 is 2.33 bits per heavy atom. The number of nitrogens with two attached hydrogens (primary N) is 1. The lowest BCUT2D eigenvalue weighted by atomic mass is 10.2. The van der Waals surface area contributed by atoms with Gasteiger partial charge in [-0.25, -0.2) is 0 Å². The summed E-state index contributed by atoms with van der Waals surface area (Å²) >= 11 is 0. The Labute approximate surface area is 126 Å². The van der Waals surface area contributed by atoms with E-state index in [-0.39, 0.29) is 11.7 Å². The molecule has 0 spiro atoms. The number of hydrogen-bond acceptors (Lipinski definition) is 3. The van der Waals surface area contributed by atoms with Crippen molar-refractivity contribution in [3.05, 3.63) is 53.6 Å². The lowest BCUT2D eigenvalue weighted by Gasteiger charge is -2.09. The van der Waals surface area contributed by atoms with Crippen molar-refractivity contribution in [2.45, 2.75) is 18.7 Å². The lowest BCUT2D eigenvalue weighted by Crippen LogP contribution is -2.20. The summed E-state index contributed by atoms with van der Waals surface area (Å²) in [7, 11) is -1.36. The van der Waals surface area contributed by atoms with Crippen LogP contribution in [0.2, 0.25) is 0 Å². The van der Waals surface area contributed by atoms with Gasteiger partial charge in [-0.2, -0.15) is 0 Å². The predicted octanol–water partition coefficient (Wildman–Crippen LogP) is 2.63. The molecule has 0 radical (unpaired) electrons. The molecule has 1 amide bonds. The Bertz CT molecular complexity index is 681. The van der Waals surface area contributed by atoms with Crippen LogP contribution in [0.15, 0.2) is 47.4 Å². The Kier molecular flexibility index (Phi) is 4.75. The van der Waals surface area contributed by atoms with E-state index >= 15 is 0 Å². The third kappa shape index (κ3) is 4.16. The van der Waals surface area contributed by atoms with Gasteiger partial charge in [0.15, 0.2) is 0 Å². The fourth-order valence-electron chi connectivity index (χ4n) is 1.87. The van der Waals surface area contributed by atoms with E-state index in [1.807, 2.05) is 32.0 Å². The summed E-state index contributed by atoms with van der Waals surface area (Å²) in [5.74, 6) is -0.402. The van der Waals surface area contributed by atoms with Crippen molar-refractivity contribution in [3.8, 4) is 0 Å².